The van der Waals surface area contributed by atoms with E-state index in [1.165, 1.54) is 0 Å². The Bertz CT molecular complexity index is 21.5. The molecule has 0 heterocycles. The third-order valence-corrected chi connectivity index (χ3v) is 1.60. The summed E-state index contributed by atoms with van der Waals surface area (Å²) in [6.45, 7) is 4.35. The van der Waals surface area contributed by atoms with Gasteiger partial charge in [-0.25, -0.2) is 0 Å². The molecular formula is C4H9BrZn. The molecule has 6 heavy (non-hydrogen) atoms. The average molecular weight is 202 g/mol. The van der Waals surface area contributed by atoms with E-state index in [0.717, 1.165) is 11.2 Å². The van der Waals surface area contributed by atoms with Crippen LogP contribution in [0.1, 0.15) is 13.8 Å². The molecule has 0 amide bonds. The SMILES string of the molecule is CC(C)CBr.[Zn]. The molecule has 0 N–H and O–H groups in total. The van der Waals surface area contributed by atoms with Gasteiger partial charge in [-0.1, -0.05) is 29.8 Å². The number of alkyl halides is 1. The van der Waals surface area contributed by atoms with E-state index in [9.17, 15) is 0 Å². The van der Waals surface area contributed by atoms with E-state index >= 15 is 0 Å². The Balaban J connectivity index is 0. The van der Waals surface area contributed by atoms with E-state index < -0.39 is 0 Å². The number of rotatable bonds is 1. The largest absolute Gasteiger partial charge is 0.0925 e. The summed E-state index contributed by atoms with van der Waals surface area (Å²) in [5, 5.41) is 1.12. The van der Waals surface area contributed by atoms with Crippen molar-refractivity contribution in [1.29, 1.82) is 0 Å². The maximum absolute atomic E-state index is 3.31. The van der Waals surface area contributed by atoms with Crippen molar-refractivity contribution in [3.05, 3.63) is 0 Å². The molecule has 0 saturated heterocycles. The van der Waals surface area contributed by atoms with Gasteiger partial charge in [0.15, 0.2) is 0 Å². The van der Waals surface area contributed by atoms with Gasteiger partial charge in [0.05, 0.1) is 0 Å². The van der Waals surface area contributed by atoms with Crippen LogP contribution in [0.4, 0.5) is 0 Å². The van der Waals surface area contributed by atoms with Gasteiger partial charge < -0.3 is 0 Å². The second-order valence-corrected chi connectivity index (χ2v) is 2.20. The van der Waals surface area contributed by atoms with Crippen LogP contribution in [-0.4, -0.2) is 5.33 Å². The molecule has 34 valence electrons. The molecule has 0 nitrogen and oxygen atoms in total. The van der Waals surface area contributed by atoms with Crippen LogP contribution in [0.15, 0.2) is 0 Å². The standard InChI is InChI=1S/C4H9Br.Zn/c1-4(2)3-5;/h4H,3H2,1-2H3;. The van der Waals surface area contributed by atoms with Crippen LogP contribution in [0.3, 0.4) is 0 Å². The van der Waals surface area contributed by atoms with Crippen LogP contribution in [0.2, 0.25) is 0 Å². The van der Waals surface area contributed by atoms with Gasteiger partial charge in [0, 0.05) is 24.8 Å². The molecule has 0 aliphatic rings. The van der Waals surface area contributed by atoms with E-state index in [4.69, 9.17) is 0 Å². The summed E-state index contributed by atoms with van der Waals surface area (Å²) in [6, 6.07) is 0. The number of hydrogen-bond acceptors (Lipinski definition) is 0. The molecule has 2 heteroatoms. The number of hydrogen-bond donors (Lipinski definition) is 0. The predicted molar refractivity (Wildman–Crippen MR) is 28.6 cm³/mol. The zero-order valence-electron chi connectivity index (χ0n) is 4.37. The molecule has 0 unspecified atom stereocenters. The average Bonchev–Trinajstić information content (AvgIpc) is 1.38. The van der Waals surface area contributed by atoms with Crippen molar-refractivity contribution in [3.8, 4) is 0 Å². The van der Waals surface area contributed by atoms with E-state index in [0.29, 0.717) is 0 Å². The van der Waals surface area contributed by atoms with Gasteiger partial charge in [0.25, 0.3) is 0 Å². The molecule has 0 atom stereocenters. The molecule has 0 aliphatic carbocycles. The monoisotopic (exact) mass is 200 g/mol. The van der Waals surface area contributed by atoms with Crippen molar-refractivity contribution in [3.63, 3.8) is 0 Å². The molecule has 0 bridgehead atoms. The Morgan fingerprint density at radius 2 is 1.67 bits per heavy atom. The van der Waals surface area contributed by atoms with E-state index in [1.807, 2.05) is 0 Å². The molecule has 0 saturated carbocycles. The van der Waals surface area contributed by atoms with Crippen molar-refractivity contribution in [2.24, 2.45) is 5.92 Å². The van der Waals surface area contributed by atoms with Gasteiger partial charge in [0.2, 0.25) is 0 Å². The smallest absolute Gasteiger partial charge is 0.00544 e. The molecule has 0 rings (SSSR count). The van der Waals surface area contributed by atoms with E-state index in [2.05, 4.69) is 29.8 Å². The molecule has 0 aliphatic heterocycles. The zero-order valence-corrected chi connectivity index (χ0v) is 8.92. The minimum atomic E-state index is 0. The Hall–Kier alpha value is 1.10. The third kappa shape index (κ3) is 8.92. The van der Waals surface area contributed by atoms with Crippen molar-refractivity contribution in [1.82, 2.24) is 0 Å². The van der Waals surface area contributed by atoms with Crippen LogP contribution >= 0.6 is 15.9 Å². The maximum atomic E-state index is 3.31. The Morgan fingerprint density at radius 1 is 1.50 bits per heavy atom. The first-order valence-electron chi connectivity index (χ1n) is 1.83. The van der Waals surface area contributed by atoms with Crippen LogP contribution in [0.5, 0.6) is 0 Å². The fourth-order valence-corrected chi connectivity index (χ4v) is 0. The Labute approximate surface area is 60.6 Å². The molecule has 0 fully saturated rings. The van der Waals surface area contributed by atoms with Gasteiger partial charge in [-0.05, 0) is 5.92 Å². The first kappa shape index (κ1) is 10.2. The van der Waals surface area contributed by atoms with Crippen LogP contribution in [0, 0.1) is 5.92 Å². The molecule has 0 radical (unpaired) electrons. The van der Waals surface area contributed by atoms with Crippen molar-refractivity contribution >= 4 is 15.9 Å². The summed E-state index contributed by atoms with van der Waals surface area (Å²) in [5.74, 6) is 0.801. The molecule has 0 aromatic carbocycles. The second kappa shape index (κ2) is 6.10. The molecular weight excluding hydrogens is 193 g/mol. The van der Waals surface area contributed by atoms with Gasteiger partial charge in [-0.2, -0.15) is 0 Å². The fraction of sp³-hybridized carbons (Fsp3) is 1.00. The van der Waals surface area contributed by atoms with Crippen molar-refractivity contribution in [2.45, 2.75) is 13.8 Å². The minimum absolute atomic E-state index is 0. The quantitative estimate of drug-likeness (QED) is 0.451. The summed E-state index contributed by atoms with van der Waals surface area (Å²) in [4.78, 5) is 0. The van der Waals surface area contributed by atoms with Crippen LogP contribution in [-0.2, 0) is 19.5 Å². The van der Waals surface area contributed by atoms with Gasteiger partial charge in [-0.3, -0.25) is 0 Å². The summed E-state index contributed by atoms with van der Waals surface area (Å²) >= 11 is 3.31. The van der Waals surface area contributed by atoms with Gasteiger partial charge in [-0.15, -0.1) is 0 Å². The third-order valence-electron chi connectivity index (χ3n) is 0.309. The first-order chi connectivity index (χ1) is 2.27. The Kier molecular flexibility index (Phi) is 10.3. The zero-order chi connectivity index (χ0) is 4.28. The first-order valence-corrected chi connectivity index (χ1v) is 2.95. The summed E-state index contributed by atoms with van der Waals surface area (Å²) < 4.78 is 0. The van der Waals surface area contributed by atoms with Crippen molar-refractivity contribution < 1.29 is 19.5 Å². The molecule has 0 spiro atoms. The minimum Gasteiger partial charge on any atom is -0.0925 e. The van der Waals surface area contributed by atoms with E-state index in [1.54, 1.807) is 0 Å². The van der Waals surface area contributed by atoms with Crippen LogP contribution in [0.25, 0.3) is 0 Å². The summed E-state index contributed by atoms with van der Waals surface area (Å²) in [6.07, 6.45) is 0. The normalized spacial score (nSPS) is 8.00. The molecule has 0 aromatic heterocycles. The predicted octanol–water partition coefficient (Wildman–Crippen LogP) is 2.03. The van der Waals surface area contributed by atoms with Crippen LogP contribution < -0.4 is 0 Å². The topological polar surface area (TPSA) is 0 Å². The van der Waals surface area contributed by atoms with Gasteiger partial charge >= 0.3 is 0 Å². The van der Waals surface area contributed by atoms with Crippen molar-refractivity contribution in [2.75, 3.05) is 5.33 Å². The van der Waals surface area contributed by atoms with Gasteiger partial charge in [0.1, 0.15) is 0 Å². The second-order valence-electron chi connectivity index (χ2n) is 1.55. The summed E-state index contributed by atoms with van der Waals surface area (Å²) in [7, 11) is 0. The van der Waals surface area contributed by atoms with E-state index in [-0.39, 0.29) is 19.5 Å². The fourth-order valence-electron chi connectivity index (χ4n) is 0. The number of halogens is 1. The Morgan fingerprint density at radius 3 is 1.67 bits per heavy atom. The molecule has 0 aromatic rings. The maximum Gasteiger partial charge on any atom is 0.00544 e. The summed E-state index contributed by atoms with van der Waals surface area (Å²) in [5.41, 5.74) is 0.